The van der Waals surface area contributed by atoms with Gasteiger partial charge in [-0.3, -0.25) is 0 Å². The molecule has 14 heavy (non-hydrogen) atoms. The van der Waals surface area contributed by atoms with Crippen molar-refractivity contribution in [2.45, 2.75) is 33.1 Å². The first kappa shape index (κ1) is 9.57. The van der Waals surface area contributed by atoms with Gasteiger partial charge in [-0.2, -0.15) is 0 Å². The fourth-order valence-corrected chi connectivity index (χ4v) is 2.28. The summed E-state index contributed by atoms with van der Waals surface area (Å²) < 4.78 is 5.41. The van der Waals surface area contributed by atoms with Crippen LogP contribution in [0, 0.1) is 5.41 Å². The van der Waals surface area contributed by atoms with Crippen LogP contribution in [0.15, 0.2) is 18.2 Å². The van der Waals surface area contributed by atoms with Gasteiger partial charge in [0.05, 0.1) is 7.11 Å². The average molecular weight is 190 g/mol. The highest BCUT2D eigenvalue weighted by atomic mass is 16.5. The van der Waals surface area contributed by atoms with Crippen LogP contribution in [0.4, 0.5) is 0 Å². The van der Waals surface area contributed by atoms with Gasteiger partial charge in [0.25, 0.3) is 0 Å². The number of fused-ring (bicyclic) bond motifs is 1. The summed E-state index contributed by atoms with van der Waals surface area (Å²) >= 11 is 0. The predicted molar refractivity (Wildman–Crippen MR) is 58.8 cm³/mol. The molecule has 0 bridgehead atoms. The minimum atomic E-state index is 0.432. The van der Waals surface area contributed by atoms with Crippen molar-refractivity contribution in [3.05, 3.63) is 29.3 Å². The Labute approximate surface area is 86.1 Å². The molecule has 1 aliphatic rings. The van der Waals surface area contributed by atoms with Crippen molar-refractivity contribution in [1.29, 1.82) is 0 Å². The second-order valence-electron chi connectivity index (χ2n) is 4.94. The zero-order valence-corrected chi connectivity index (χ0v) is 9.26. The molecule has 0 saturated heterocycles. The van der Waals surface area contributed by atoms with Gasteiger partial charge >= 0.3 is 0 Å². The van der Waals surface area contributed by atoms with E-state index in [0.717, 1.165) is 12.2 Å². The molecule has 1 aromatic rings. The SMILES string of the molecule is COc1cccc2c1CC(C)(C)CC2. The molecule has 0 atom stereocenters. The predicted octanol–water partition coefficient (Wildman–Crippen LogP) is 3.21. The summed E-state index contributed by atoms with van der Waals surface area (Å²) in [5.74, 6) is 1.07. The van der Waals surface area contributed by atoms with E-state index in [1.54, 1.807) is 7.11 Å². The molecule has 0 fully saturated rings. The Kier molecular flexibility index (Phi) is 2.26. The van der Waals surface area contributed by atoms with Gasteiger partial charge in [-0.25, -0.2) is 0 Å². The lowest BCUT2D eigenvalue weighted by Crippen LogP contribution is -2.22. The number of benzene rings is 1. The lowest BCUT2D eigenvalue weighted by atomic mass is 9.74. The van der Waals surface area contributed by atoms with Crippen LogP contribution >= 0.6 is 0 Å². The average Bonchev–Trinajstić information content (AvgIpc) is 2.15. The first-order chi connectivity index (χ1) is 6.62. The molecule has 1 aliphatic carbocycles. The molecule has 0 aliphatic heterocycles. The van der Waals surface area contributed by atoms with Crippen LogP contribution in [0.3, 0.4) is 0 Å². The van der Waals surface area contributed by atoms with Crippen molar-refractivity contribution in [2.75, 3.05) is 7.11 Å². The molecule has 1 nitrogen and oxygen atoms in total. The fraction of sp³-hybridized carbons (Fsp3) is 0.538. The molecular formula is C13H18O. The van der Waals surface area contributed by atoms with E-state index in [-0.39, 0.29) is 0 Å². The Morgan fingerprint density at radius 1 is 1.29 bits per heavy atom. The van der Waals surface area contributed by atoms with E-state index in [2.05, 4.69) is 32.0 Å². The number of ether oxygens (including phenoxy) is 1. The Bertz CT molecular complexity index is 325. The Hall–Kier alpha value is -0.980. The van der Waals surface area contributed by atoms with E-state index in [1.807, 2.05) is 0 Å². The first-order valence-electron chi connectivity index (χ1n) is 5.27. The van der Waals surface area contributed by atoms with Gasteiger partial charge in [-0.05, 0) is 41.9 Å². The van der Waals surface area contributed by atoms with E-state index in [4.69, 9.17) is 4.74 Å². The van der Waals surface area contributed by atoms with Crippen LogP contribution in [0.5, 0.6) is 5.75 Å². The molecule has 1 heteroatoms. The number of methoxy groups -OCH3 is 1. The van der Waals surface area contributed by atoms with Crippen molar-refractivity contribution < 1.29 is 4.74 Å². The Morgan fingerprint density at radius 3 is 2.79 bits per heavy atom. The van der Waals surface area contributed by atoms with Crippen LogP contribution in [-0.4, -0.2) is 7.11 Å². The number of rotatable bonds is 1. The zero-order chi connectivity index (χ0) is 10.2. The van der Waals surface area contributed by atoms with E-state index < -0.39 is 0 Å². The van der Waals surface area contributed by atoms with Crippen molar-refractivity contribution >= 4 is 0 Å². The van der Waals surface area contributed by atoms with E-state index >= 15 is 0 Å². The highest BCUT2D eigenvalue weighted by molar-refractivity contribution is 5.42. The standard InChI is InChI=1S/C13H18O/c1-13(2)8-7-10-5-4-6-12(14-3)11(10)9-13/h4-6H,7-9H2,1-3H3. The number of hydrogen-bond acceptors (Lipinski definition) is 1. The third-order valence-corrected chi connectivity index (χ3v) is 3.18. The van der Waals surface area contributed by atoms with Crippen LogP contribution in [0.1, 0.15) is 31.4 Å². The topological polar surface area (TPSA) is 9.23 Å². The maximum atomic E-state index is 5.41. The Balaban J connectivity index is 2.43. The molecule has 0 unspecified atom stereocenters. The number of aryl methyl sites for hydroxylation is 1. The second-order valence-corrected chi connectivity index (χ2v) is 4.94. The summed E-state index contributed by atoms with van der Waals surface area (Å²) in [5.41, 5.74) is 3.33. The van der Waals surface area contributed by atoms with Crippen molar-refractivity contribution in [2.24, 2.45) is 5.41 Å². The highest BCUT2D eigenvalue weighted by Crippen LogP contribution is 2.38. The maximum Gasteiger partial charge on any atom is 0.122 e. The molecule has 1 aromatic carbocycles. The molecule has 0 aromatic heterocycles. The summed E-state index contributed by atoms with van der Waals surface area (Å²) in [5, 5.41) is 0. The largest absolute Gasteiger partial charge is 0.496 e. The van der Waals surface area contributed by atoms with E-state index in [1.165, 1.54) is 24.0 Å². The molecule has 0 saturated carbocycles. The lowest BCUT2D eigenvalue weighted by Gasteiger charge is -2.32. The van der Waals surface area contributed by atoms with Gasteiger partial charge in [-0.1, -0.05) is 26.0 Å². The van der Waals surface area contributed by atoms with Gasteiger partial charge in [0.2, 0.25) is 0 Å². The molecule has 0 N–H and O–H groups in total. The molecule has 0 radical (unpaired) electrons. The minimum absolute atomic E-state index is 0.432. The van der Waals surface area contributed by atoms with Gasteiger partial charge < -0.3 is 4.74 Å². The summed E-state index contributed by atoms with van der Waals surface area (Å²) in [6.45, 7) is 4.67. The molecule has 0 spiro atoms. The van der Waals surface area contributed by atoms with Crippen molar-refractivity contribution in [1.82, 2.24) is 0 Å². The fourth-order valence-electron chi connectivity index (χ4n) is 2.28. The number of hydrogen-bond donors (Lipinski definition) is 0. The smallest absolute Gasteiger partial charge is 0.122 e. The van der Waals surface area contributed by atoms with Crippen LogP contribution < -0.4 is 4.74 Å². The molecule has 0 amide bonds. The highest BCUT2D eigenvalue weighted by Gasteiger charge is 2.26. The van der Waals surface area contributed by atoms with E-state index in [0.29, 0.717) is 5.41 Å². The van der Waals surface area contributed by atoms with Gasteiger partial charge in [0, 0.05) is 0 Å². The Morgan fingerprint density at radius 2 is 2.07 bits per heavy atom. The molecule has 2 rings (SSSR count). The normalized spacial score (nSPS) is 18.8. The van der Waals surface area contributed by atoms with Crippen LogP contribution in [0.25, 0.3) is 0 Å². The third kappa shape index (κ3) is 1.63. The van der Waals surface area contributed by atoms with Gasteiger partial charge in [0.15, 0.2) is 0 Å². The molecule has 0 heterocycles. The van der Waals surface area contributed by atoms with Crippen molar-refractivity contribution in [3.8, 4) is 5.75 Å². The van der Waals surface area contributed by atoms with Crippen LogP contribution in [0.2, 0.25) is 0 Å². The summed E-state index contributed by atoms with van der Waals surface area (Å²) in [6.07, 6.45) is 3.62. The third-order valence-electron chi connectivity index (χ3n) is 3.18. The molecular weight excluding hydrogens is 172 g/mol. The minimum Gasteiger partial charge on any atom is -0.496 e. The van der Waals surface area contributed by atoms with Crippen LogP contribution in [-0.2, 0) is 12.8 Å². The van der Waals surface area contributed by atoms with Gasteiger partial charge in [0.1, 0.15) is 5.75 Å². The summed E-state index contributed by atoms with van der Waals surface area (Å²) in [6, 6.07) is 6.39. The van der Waals surface area contributed by atoms with Crippen molar-refractivity contribution in [3.63, 3.8) is 0 Å². The summed E-state index contributed by atoms with van der Waals surface area (Å²) in [7, 11) is 1.76. The maximum absolute atomic E-state index is 5.41. The monoisotopic (exact) mass is 190 g/mol. The quantitative estimate of drug-likeness (QED) is 0.660. The van der Waals surface area contributed by atoms with Gasteiger partial charge in [-0.15, -0.1) is 0 Å². The van der Waals surface area contributed by atoms with E-state index in [9.17, 15) is 0 Å². The summed E-state index contributed by atoms with van der Waals surface area (Å²) in [4.78, 5) is 0. The lowest BCUT2D eigenvalue weighted by molar-refractivity contribution is 0.305. The zero-order valence-electron chi connectivity index (χ0n) is 9.26. The molecule has 76 valence electrons. The first-order valence-corrected chi connectivity index (χ1v) is 5.27. The second kappa shape index (κ2) is 3.30.